The van der Waals surface area contributed by atoms with Gasteiger partial charge >= 0.3 is 12.1 Å². The van der Waals surface area contributed by atoms with Crippen molar-refractivity contribution in [2.24, 2.45) is 21.3 Å². The van der Waals surface area contributed by atoms with Crippen LogP contribution >= 0.6 is 0 Å². The molecule has 0 radical (unpaired) electrons. The Hall–Kier alpha value is -4.03. The lowest BCUT2D eigenvalue weighted by Crippen LogP contribution is -2.49. The van der Waals surface area contributed by atoms with Crippen LogP contribution in [0.15, 0.2) is 64.6 Å². The van der Waals surface area contributed by atoms with Gasteiger partial charge in [-0.05, 0) is 79.2 Å². The molecule has 52 heavy (non-hydrogen) atoms. The number of pyridine rings is 1. The number of hydrogen-bond donors (Lipinski definition) is 1. The van der Waals surface area contributed by atoms with Gasteiger partial charge in [0.05, 0.1) is 25.9 Å². The number of carbonyl (C=O) groups is 2. The maximum Gasteiger partial charge on any atom is 0.415 e. The predicted molar refractivity (Wildman–Crippen MR) is 214 cm³/mol. The van der Waals surface area contributed by atoms with Gasteiger partial charge in [-0.3, -0.25) is 14.7 Å². The summed E-state index contributed by atoms with van der Waals surface area (Å²) in [5, 5.41) is 3.33. The van der Waals surface area contributed by atoms with Crippen molar-refractivity contribution in [3.05, 3.63) is 54.6 Å². The topological polar surface area (TPSA) is 121 Å². The van der Waals surface area contributed by atoms with Gasteiger partial charge in [0, 0.05) is 38.8 Å². The van der Waals surface area contributed by atoms with Gasteiger partial charge in [0.25, 0.3) is 0 Å². The molecule has 4 aliphatic rings. The van der Waals surface area contributed by atoms with Crippen LogP contribution in [0.25, 0.3) is 0 Å². The van der Waals surface area contributed by atoms with E-state index < -0.39 is 0 Å². The van der Waals surface area contributed by atoms with Crippen molar-refractivity contribution in [3.8, 4) is 0 Å². The molecule has 0 saturated carbocycles. The Labute approximate surface area is 314 Å². The molecular weight excluding hydrogens is 658 g/mol. The van der Waals surface area contributed by atoms with Gasteiger partial charge in [-0.1, -0.05) is 70.2 Å². The fourth-order valence-electron chi connectivity index (χ4n) is 6.26. The number of benzene rings is 1. The van der Waals surface area contributed by atoms with Gasteiger partial charge in [-0.25, -0.2) is 9.78 Å². The molecule has 4 aliphatic heterocycles. The second kappa shape index (κ2) is 22.1. The number of nitrogens with one attached hydrogen (secondary N) is 1. The van der Waals surface area contributed by atoms with E-state index in [9.17, 15) is 9.59 Å². The quantitative estimate of drug-likeness (QED) is 0.197. The second-order valence-corrected chi connectivity index (χ2v) is 13.8. The zero-order valence-electron chi connectivity index (χ0n) is 33.8. The van der Waals surface area contributed by atoms with Gasteiger partial charge in [0.15, 0.2) is 0 Å². The molecule has 5 heterocycles. The molecule has 0 aliphatic carbocycles. The van der Waals surface area contributed by atoms with Crippen molar-refractivity contribution in [2.75, 3.05) is 57.3 Å². The number of nitrogens with zero attached hydrogens (tertiary/aromatic N) is 6. The van der Waals surface area contributed by atoms with Crippen LogP contribution in [0.2, 0.25) is 0 Å². The zero-order valence-corrected chi connectivity index (χ0v) is 33.8. The minimum absolute atomic E-state index is 0. The molecule has 12 nitrogen and oxygen atoms in total. The van der Waals surface area contributed by atoms with Crippen molar-refractivity contribution in [2.45, 2.75) is 106 Å². The number of likely N-dealkylation sites (tertiary alicyclic amines) is 1. The van der Waals surface area contributed by atoms with E-state index in [0.29, 0.717) is 25.0 Å². The van der Waals surface area contributed by atoms with E-state index >= 15 is 0 Å². The number of aromatic nitrogens is 1. The Balaban J connectivity index is 0.000000572. The van der Waals surface area contributed by atoms with Gasteiger partial charge < -0.3 is 29.3 Å². The van der Waals surface area contributed by atoms with E-state index in [4.69, 9.17) is 19.5 Å². The molecule has 1 aromatic heterocycles. The van der Waals surface area contributed by atoms with Crippen LogP contribution in [0.4, 0.5) is 16.4 Å². The molecule has 12 heteroatoms. The summed E-state index contributed by atoms with van der Waals surface area (Å²) in [5.41, 5.74) is -0.125. The smallest absolute Gasteiger partial charge is 0.415 e. The number of anilines is 2. The SMILES string of the molecule is CC.CN1CCCC1.CN=C(/N=C1\C(C)C2(C)COC(C)C[C@H]2N1c1cccc(N2C(=O)OC[C@@H]2C)n1)NC(C)C.COC(C)=O.[HH].c1ccccc1. The third kappa shape index (κ3) is 12.6. The molecule has 6 rings (SSSR count). The molecule has 0 bridgehead atoms. The van der Waals surface area contributed by atoms with Crippen LogP contribution in [-0.2, 0) is 19.0 Å². The van der Waals surface area contributed by atoms with Crippen molar-refractivity contribution in [3.63, 3.8) is 0 Å². The highest BCUT2D eigenvalue weighted by Crippen LogP contribution is 2.49. The summed E-state index contributed by atoms with van der Waals surface area (Å²) in [7, 11) is 5.27. The molecule has 1 amide bonds. The number of aliphatic imine (C=N–C) groups is 2. The summed E-state index contributed by atoms with van der Waals surface area (Å²) in [6, 6.07) is 18.1. The Bertz CT molecular complexity index is 1400. The number of ether oxygens (including phenoxy) is 3. The molecule has 2 aromatic rings. The standard InChI is InChI=1S/C24H36N6O3.C6H6.C5H11N.C3H6O2.C2H6.H2/c1-14(2)26-22(25-7)28-21-17(5)24(6)13-33-16(4)11-18(24)30(21)20-10-8-9-19(27-20)29-15(3)12-32-23(29)31;1-2-4-6-5-3-1;1-6-4-2-3-5-6;1-3(4)5-2;1-2;/h8-10,14-18H,11-13H2,1-7H3,(H,25,26);1-6H;2-5H2,1H3;1-2H3;1-2H3;1H/b28-21+;;;;;/t15-,16?,17?,18+,24?;;;;;/m0...../s1. The molecule has 1 aromatic carbocycles. The van der Waals surface area contributed by atoms with Crippen molar-refractivity contribution >= 4 is 35.5 Å². The number of methoxy groups -OCH3 is 1. The zero-order chi connectivity index (χ0) is 38.8. The van der Waals surface area contributed by atoms with E-state index in [1.165, 1.54) is 40.0 Å². The lowest BCUT2D eigenvalue weighted by molar-refractivity contribution is -0.137. The van der Waals surface area contributed by atoms with Gasteiger partial charge in [0.2, 0.25) is 5.96 Å². The van der Waals surface area contributed by atoms with E-state index in [-0.39, 0.29) is 49.1 Å². The maximum atomic E-state index is 12.3. The molecule has 4 saturated heterocycles. The minimum Gasteiger partial charge on any atom is -0.469 e. The molecular formula is C40H67N7O5. The third-order valence-electron chi connectivity index (χ3n) is 9.36. The first kappa shape index (κ1) is 44.1. The fraction of sp³-hybridized carbons (Fsp3) is 0.625. The molecule has 5 atom stereocenters. The monoisotopic (exact) mass is 726 g/mol. The van der Waals surface area contributed by atoms with E-state index in [1.54, 1.807) is 11.9 Å². The first-order valence-corrected chi connectivity index (χ1v) is 18.7. The minimum atomic E-state index is -0.359. The van der Waals surface area contributed by atoms with Crippen LogP contribution in [0.5, 0.6) is 0 Å². The molecule has 0 spiro atoms. The Morgan fingerprint density at radius 3 is 1.98 bits per heavy atom. The molecule has 292 valence electrons. The first-order chi connectivity index (χ1) is 24.8. The Kier molecular flexibility index (Phi) is 18.8. The predicted octanol–water partition coefficient (Wildman–Crippen LogP) is 7.30. The number of amides is 1. The highest BCUT2D eigenvalue weighted by Gasteiger charge is 2.56. The van der Waals surface area contributed by atoms with E-state index in [1.807, 2.05) is 75.4 Å². The van der Waals surface area contributed by atoms with Gasteiger partial charge in [-0.15, -0.1) is 0 Å². The lowest BCUT2D eigenvalue weighted by atomic mass is 9.73. The van der Waals surface area contributed by atoms with Crippen LogP contribution < -0.4 is 15.1 Å². The van der Waals surface area contributed by atoms with Gasteiger partial charge in [0.1, 0.15) is 24.1 Å². The summed E-state index contributed by atoms with van der Waals surface area (Å²) >= 11 is 0. The van der Waals surface area contributed by atoms with Crippen LogP contribution in [0.1, 0.15) is 83.0 Å². The van der Waals surface area contributed by atoms with E-state index in [0.717, 1.165) is 18.1 Å². The highest BCUT2D eigenvalue weighted by atomic mass is 16.6. The normalized spacial score (nSPS) is 26.0. The van der Waals surface area contributed by atoms with Crippen LogP contribution in [0, 0.1) is 11.3 Å². The van der Waals surface area contributed by atoms with Gasteiger partial charge in [-0.2, -0.15) is 4.99 Å². The summed E-state index contributed by atoms with van der Waals surface area (Å²) in [4.78, 5) is 42.5. The summed E-state index contributed by atoms with van der Waals surface area (Å²) < 4.78 is 15.4. The lowest BCUT2D eigenvalue weighted by Gasteiger charge is -2.42. The molecule has 3 unspecified atom stereocenters. The Morgan fingerprint density at radius 2 is 1.56 bits per heavy atom. The molecule has 1 N–H and O–H groups in total. The summed E-state index contributed by atoms with van der Waals surface area (Å²) in [5.74, 6) is 2.75. The fourth-order valence-corrected chi connectivity index (χ4v) is 6.26. The number of fused-ring (bicyclic) bond motifs is 1. The van der Waals surface area contributed by atoms with Crippen molar-refractivity contribution < 1.29 is 25.2 Å². The largest absolute Gasteiger partial charge is 0.469 e. The molecule has 4 fully saturated rings. The summed E-state index contributed by atoms with van der Waals surface area (Å²) in [6.07, 6.45) is 3.47. The van der Waals surface area contributed by atoms with Crippen LogP contribution in [-0.4, -0.2) is 105 Å². The first-order valence-electron chi connectivity index (χ1n) is 18.7. The van der Waals surface area contributed by atoms with Crippen molar-refractivity contribution in [1.82, 2.24) is 15.2 Å². The third-order valence-corrected chi connectivity index (χ3v) is 9.36. The van der Waals surface area contributed by atoms with Crippen molar-refractivity contribution in [1.29, 1.82) is 0 Å². The second-order valence-electron chi connectivity index (χ2n) is 13.8. The van der Waals surface area contributed by atoms with E-state index in [2.05, 4.69) is 66.5 Å². The number of esters is 1. The number of hydrogen-bond acceptors (Lipinski definition) is 8. The highest BCUT2D eigenvalue weighted by molar-refractivity contribution is 6.08. The average molecular weight is 726 g/mol. The Morgan fingerprint density at radius 1 is 1.02 bits per heavy atom. The number of amidine groups is 1. The van der Waals surface area contributed by atoms with Crippen LogP contribution in [0.3, 0.4) is 0 Å². The maximum absolute atomic E-state index is 12.3. The number of guanidine groups is 1. The number of carbonyl (C=O) groups excluding carboxylic acids is 2. The number of rotatable bonds is 3. The number of cyclic esters (lactones) is 1. The summed E-state index contributed by atoms with van der Waals surface area (Å²) in [6.45, 7) is 21.7. The average Bonchev–Trinajstić information content (AvgIpc) is 3.82.